The Morgan fingerprint density at radius 2 is 2.31 bits per heavy atom. The summed E-state index contributed by atoms with van der Waals surface area (Å²) >= 11 is 0. The molecule has 0 spiro atoms. The van der Waals surface area contributed by atoms with Crippen LogP contribution in [0.4, 0.5) is 0 Å². The molecule has 0 aliphatic heterocycles. The molecule has 1 heterocycles. The van der Waals surface area contributed by atoms with Gasteiger partial charge in [0.05, 0.1) is 0 Å². The lowest BCUT2D eigenvalue weighted by Gasteiger charge is -2.12. The van der Waals surface area contributed by atoms with Crippen LogP contribution in [0.2, 0.25) is 0 Å². The van der Waals surface area contributed by atoms with Crippen LogP contribution in [0, 0.1) is 0 Å². The zero-order valence-corrected chi connectivity index (χ0v) is 10.2. The smallest absolute Gasteiger partial charge is 0.127 e. The van der Waals surface area contributed by atoms with E-state index in [1.807, 2.05) is 31.3 Å². The lowest BCUT2D eigenvalue weighted by Crippen LogP contribution is -2.22. The highest BCUT2D eigenvalue weighted by atomic mass is 16.5. The average Bonchev–Trinajstić information content (AvgIpc) is 2.28. The van der Waals surface area contributed by atoms with Crippen molar-refractivity contribution < 1.29 is 4.74 Å². The molecule has 3 nitrogen and oxygen atoms in total. The Morgan fingerprint density at radius 3 is 3.00 bits per heavy atom. The third-order valence-corrected chi connectivity index (χ3v) is 2.13. The monoisotopic (exact) mass is 220 g/mol. The first-order valence-corrected chi connectivity index (χ1v) is 5.64. The van der Waals surface area contributed by atoms with Crippen LogP contribution in [0.15, 0.2) is 30.6 Å². The summed E-state index contributed by atoms with van der Waals surface area (Å²) in [5.41, 5.74) is 1.10. The normalized spacial score (nSPS) is 11.2. The summed E-state index contributed by atoms with van der Waals surface area (Å²) in [6, 6.07) is 2.37. The number of hydrogen-bond acceptors (Lipinski definition) is 3. The number of allylic oxidation sites excluding steroid dienone is 1. The standard InChI is InChI=1S/C13H20N2O/c1-4-5-8-16-13-6-7-14-9-12(13)10-15-11(2)3/h4-7,9,11,15H,8,10H2,1-3H3/b5-4+. The van der Waals surface area contributed by atoms with Gasteiger partial charge in [-0.15, -0.1) is 0 Å². The molecule has 1 N–H and O–H groups in total. The van der Waals surface area contributed by atoms with E-state index in [1.54, 1.807) is 6.20 Å². The van der Waals surface area contributed by atoms with Crippen LogP contribution in [0.25, 0.3) is 0 Å². The van der Waals surface area contributed by atoms with Crippen LogP contribution >= 0.6 is 0 Å². The van der Waals surface area contributed by atoms with Gasteiger partial charge < -0.3 is 10.1 Å². The molecule has 0 atom stereocenters. The Kier molecular flexibility index (Phi) is 5.57. The van der Waals surface area contributed by atoms with Crippen molar-refractivity contribution in [3.8, 4) is 5.75 Å². The molecule has 0 saturated carbocycles. The predicted octanol–water partition coefficient (Wildman–Crippen LogP) is 2.53. The highest BCUT2D eigenvalue weighted by molar-refractivity contribution is 5.30. The van der Waals surface area contributed by atoms with Crippen LogP contribution < -0.4 is 10.1 Å². The third-order valence-electron chi connectivity index (χ3n) is 2.13. The molecular weight excluding hydrogens is 200 g/mol. The van der Waals surface area contributed by atoms with Crippen molar-refractivity contribution in [2.24, 2.45) is 0 Å². The number of nitrogens with zero attached hydrogens (tertiary/aromatic N) is 1. The Labute approximate surface area is 97.5 Å². The molecule has 0 aliphatic carbocycles. The molecule has 0 amide bonds. The summed E-state index contributed by atoms with van der Waals surface area (Å²) in [6.45, 7) is 7.62. The first-order valence-electron chi connectivity index (χ1n) is 5.64. The Morgan fingerprint density at radius 1 is 1.50 bits per heavy atom. The lowest BCUT2D eigenvalue weighted by atomic mass is 10.2. The molecule has 0 saturated heterocycles. The van der Waals surface area contributed by atoms with Gasteiger partial charge in [0, 0.05) is 30.5 Å². The first kappa shape index (κ1) is 12.7. The molecule has 0 aromatic carbocycles. The second kappa shape index (κ2) is 7.01. The maximum absolute atomic E-state index is 5.64. The van der Waals surface area contributed by atoms with E-state index < -0.39 is 0 Å². The van der Waals surface area contributed by atoms with Gasteiger partial charge in [-0.1, -0.05) is 26.0 Å². The molecule has 0 unspecified atom stereocenters. The van der Waals surface area contributed by atoms with Crippen molar-refractivity contribution in [3.05, 3.63) is 36.2 Å². The number of nitrogens with one attached hydrogen (secondary N) is 1. The summed E-state index contributed by atoms with van der Waals surface area (Å²) < 4.78 is 5.64. The van der Waals surface area contributed by atoms with E-state index in [-0.39, 0.29) is 0 Å². The van der Waals surface area contributed by atoms with Crippen molar-refractivity contribution in [3.63, 3.8) is 0 Å². The molecule has 0 radical (unpaired) electrons. The topological polar surface area (TPSA) is 34.1 Å². The van der Waals surface area contributed by atoms with Gasteiger partial charge in [-0.3, -0.25) is 4.98 Å². The van der Waals surface area contributed by atoms with Gasteiger partial charge in [0.2, 0.25) is 0 Å². The molecule has 0 aliphatic rings. The summed E-state index contributed by atoms with van der Waals surface area (Å²) in [6.07, 6.45) is 7.57. The molecule has 0 bridgehead atoms. The molecular formula is C13H20N2O. The molecule has 3 heteroatoms. The van der Waals surface area contributed by atoms with Gasteiger partial charge in [0.15, 0.2) is 0 Å². The SMILES string of the molecule is C/C=C/COc1ccncc1CNC(C)C. The average molecular weight is 220 g/mol. The zero-order valence-electron chi connectivity index (χ0n) is 10.2. The maximum atomic E-state index is 5.64. The van der Waals surface area contributed by atoms with Gasteiger partial charge in [0.25, 0.3) is 0 Å². The molecule has 88 valence electrons. The maximum Gasteiger partial charge on any atom is 0.127 e. The predicted molar refractivity (Wildman–Crippen MR) is 66.5 cm³/mol. The van der Waals surface area contributed by atoms with Gasteiger partial charge in [-0.05, 0) is 13.0 Å². The van der Waals surface area contributed by atoms with E-state index in [1.165, 1.54) is 0 Å². The molecule has 1 rings (SSSR count). The van der Waals surface area contributed by atoms with Gasteiger partial charge in [-0.2, -0.15) is 0 Å². The van der Waals surface area contributed by atoms with E-state index >= 15 is 0 Å². The second-order valence-corrected chi connectivity index (χ2v) is 3.90. The van der Waals surface area contributed by atoms with Gasteiger partial charge >= 0.3 is 0 Å². The summed E-state index contributed by atoms with van der Waals surface area (Å²) in [4.78, 5) is 4.11. The van der Waals surface area contributed by atoms with Crippen LogP contribution in [0.1, 0.15) is 26.3 Å². The highest BCUT2D eigenvalue weighted by Crippen LogP contribution is 2.16. The zero-order chi connectivity index (χ0) is 11.8. The molecule has 1 aromatic rings. The summed E-state index contributed by atoms with van der Waals surface area (Å²) in [5, 5.41) is 3.35. The molecule has 1 aromatic heterocycles. The summed E-state index contributed by atoms with van der Waals surface area (Å²) in [5.74, 6) is 0.904. The van der Waals surface area contributed by atoms with Gasteiger partial charge in [0.1, 0.15) is 12.4 Å². The second-order valence-electron chi connectivity index (χ2n) is 3.90. The quantitative estimate of drug-likeness (QED) is 0.748. The Balaban J connectivity index is 2.60. The van der Waals surface area contributed by atoms with E-state index in [2.05, 4.69) is 24.1 Å². The van der Waals surface area contributed by atoms with Crippen molar-refractivity contribution in [1.29, 1.82) is 0 Å². The minimum absolute atomic E-state index is 0.462. The van der Waals surface area contributed by atoms with Gasteiger partial charge in [-0.25, -0.2) is 0 Å². The number of rotatable bonds is 6. The molecule has 16 heavy (non-hydrogen) atoms. The minimum Gasteiger partial charge on any atom is -0.489 e. The van der Waals surface area contributed by atoms with Crippen LogP contribution in [0.5, 0.6) is 5.75 Å². The molecule has 0 fully saturated rings. The fraction of sp³-hybridized carbons (Fsp3) is 0.462. The van der Waals surface area contributed by atoms with E-state index in [0.717, 1.165) is 17.9 Å². The van der Waals surface area contributed by atoms with E-state index in [4.69, 9.17) is 4.74 Å². The fourth-order valence-corrected chi connectivity index (χ4v) is 1.24. The van der Waals surface area contributed by atoms with Crippen molar-refractivity contribution in [2.75, 3.05) is 6.61 Å². The van der Waals surface area contributed by atoms with Crippen LogP contribution in [0.3, 0.4) is 0 Å². The van der Waals surface area contributed by atoms with Crippen molar-refractivity contribution in [2.45, 2.75) is 33.4 Å². The largest absolute Gasteiger partial charge is 0.489 e. The first-order chi connectivity index (χ1) is 7.74. The number of hydrogen-bond donors (Lipinski definition) is 1. The number of pyridine rings is 1. The van der Waals surface area contributed by atoms with Crippen LogP contribution in [-0.2, 0) is 6.54 Å². The minimum atomic E-state index is 0.462. The Bertz CT molecular complexity index is 334. The number of ether oxygens (including phenoxy) is 1. The highest BCUT2D eigenvalue weighted by Gasteiger charge is 2.03. The summed E-state index contributed by atoms with van der Waals surface area (Å²) in [7, 11) is 0. The Hall–Kier alpha value is -1.35. The van der Waals surface area contributed by atoms with Crippen LogP contribution in [-0.4, -0.2) is 17.6 Å². The number of aromatic nitrogens is 1. The van der Waals surface area contributed by atoms with E-state index in [0.29, 0.717) is 12.6 Å². The van der Waals surface area contributed by atoms with Crippen molar-refractivity contribution >= 4 is 0 Å². The van der Waals surface area contributed by atoms with Crippen molar-refractivity contribution in [1.82, 2.24) is 10.3 Å². The lowest BCUT2D eigenvalue weighted by molar-refractivity contribution is 0.356. The third kappa shape index (κ3) is 4.45. The van der Waals surface area contributed by atoms with E-state index in [9.17, 15) is 0 Å². The fourth-order valence-electron chi connectivity index (χ4n) is 1.24.